The minimum Gasteiger partial charge on any atom is -0.326 e. The van der Waals surface area contributed by atoms with Crippen LogP contribution >= 0.6 is 0 Å². The summed E-state index contributed by atoms with van der Waals surface area (Å²) in [5.41, 5.74) is 4.66. The molecule has 0 fully saturated rings. The van der Waals surface area contributed by atoms with E-state index < -0.39 is 11.7 Å². The molecule has 3 nitrogen and oxygen atoms in total. The molecule has 1 rings (SSSR count). The van der Waals surface area contributed by atoms with Gasteiger partial charge >= 0.3 is 6.18 Å². The summed E-state index contributed by atoms with van der Waals surface area (Å²) in [6, 6.07) is 3.67. The lowest BCUT2D eigenvalue weighted by molar-refractivity contribution is -0.138. The minimum absolute atomic E-state index is 0.0121. The Morgan fingerprint density at radius 2 is 1.90 bits per heavy atom. The highest BCUT2D eigenvalue weighted by atomic mass is 19.4. The van der Waals surface area contributed by atoms with E-state index in [9.17, 15) is 18.0 Å². The van der Waals surface area contributed by atoms with Crippen molar-refractivity contribution in [3.63, 3.8) is 0 Å². The largest absolute Gasteiger partial charge is 0.416 e. The molecule has 1 aromatic rings. The molecule has 0 aliphatic heterocycles. The Morgan fingerprint density at radius 3 is 2.35 bits per heavy atom. The van der Waals surface area contributed by atoms with Gasteiger partial charge in [0.15, 0.2) is 0 Å². The SMILES string of the molecule is CCC(CC)C(=O)Nc1ccc(CN)c(C(F)(F)F)c1. The normalized spacial score (nSPS) is 11.8. The van der Waals surface area contributed by atoms with E-state index in [2.05, 4.69) is 5.32 Å². The van der Waals surface area contributed by atoms with Crippen molar-refractivity contribution < 1.29 is 18.0 Å². The van der Waals surface area contributed by atoms with Crippen LogP contribution in [-0.4, -0.2) is 5.91 Å². The van der Waals surface area contributed by atoms with E-state index in [-0.39, 0.29) is 29.6 Å². The number of rotatable bonds is 5. The van der Waals surface area contributed by atoms with Gasteiger partial charge in [0.1, 0.15) is 0 Å². The van der Waals surface area contributed by atoms with E-state index >= 15 is 0 Å². The fourth-order valence-corrected chi connectivity index (χ4v) is 2.00. The van der Waals surface area contributed by atoms with Crippen molar-refractivity contribution in [3.05, 3.63) is 29.3 Å². The van der Waals surface area contributed by atoms with Crippen molar-refractivity contribution >= 4 is 11.6 Å². The van der Waals surface area contributed by atoms with Crippen LogP contribution in [0, 0.1) is 5.92 Å². The Balaban J connectivity index is 3.01. The molecule has 20 heavy (non-hydrogen) atoms. The van der Waals surface area contributed by atoms with Gasteiger partial charge in [-0.25, -0.2) is 0 Å². The molecule has 1 amide bonds. The van der Waals surface area contributed by atoms with E-state index in [0.29, 0.717) is 12.8 Å². The van der Waals surface area contributed by atoms with Gasteiger partial charge in [-0.1, -0.05) is 19.9 Å². The maximum Gasteiger partial charge on any atom is 0.416 e. The molecule has 0 radical (unpaired) electrons. The van der Waals surface area contributed by atoms with Crippen LogP contribution in [-0.2, 0) is 17.5 Å². The van der Waals surface area contributed by atoms with Crippen molar-refractivity contribution in [2.45, 2.75) is 39.4 Å². The zero-order valence-electron chi connectivity index (χ0n) is 11.6. The van der Waals surface area contributed by atoms with Gasteiger partial charge in [0.2, 0.25) is 5.91 Å². The molecular weight excluding hydrogens is 269 g/mol. The second kappa shape index (κ2) is 6.74. The van der Waals surface area contributed by atoms with Gasteiger partial charge in [0.25, 0.3) is 0 Å². The zero-order valence-corrected chi connectivity index (χ0v) is 11.6. The molecule has 3 N–H and O–H groups in total. The highest BCUT2D eigenvalue weighted by Crippen LogP contribution is 2.33. The van der Waals surface area contributed by atoms with Crippen LogP contribution in [0.15, 0.2) is 18.2 Å². The number of benzene rings is 1. The molecule has 0 aliphatic rings. The third-order valence-corrected chi connectivity index (χ3v) is 3.26. The number of nitrogens with two attached hydrogens (primary N) is 1. The molecule has 0 unspecified atom stereocenters. The van der Waals surface area contributed by atoms with E-state index in [1.54, 1.807) is 0 Å². The Labute approximate surface area is 116 Å². The maximum atomic E-state index is 12.9. The minimum atomic E-state index is -4.48. The van der Waals surface area contributed by atoms with E-state index in [4.69, 9.17) is 5.73 Å². The summed E-state index contributed by atoms with van der Waals surface area (Å²) in [5, 5.41) is 2.53. The van der Waals surface area contributed by atoms with Gasteiger partial charge in [-0.05, 0) is 30.5 Å². The number of alkyl halides is 3. The fourth-order valence-electron chi connectivity index (χ4n) is 2.00. The lowest BCUT2D eigenvalue weighted by Gasteiger charge is -2.16. The summed E-state index contributed by atoms with van der Waals surface area (Å²) < 4.78 is 38.6. The van der Waals surface area contributed by atoms with Crippen molar-refractivity contribution in [1.82, 2.24) is 0 Å². The average Bonchev–Trinajstić information content (AvgIpc) is 2.39. The van der Waals surface area contributed by atoms with Crippen molar-refractivity contribution in [3.8, 4) is 0 Å². The number of halogens is 3. The average molecular weight is 288 g/mol. The topological polar surface area (TPSA) is 55.1 Å². The predicted octanol–water partition coefficient (Wildman–Crippen LogP) is 3.54. The van der Waals surface area contributed by atoms with E-state index in [1.807, 2.05) is 13.8 Å². The van der Waals surface area contributed by atoms with Gasteiger partial charge in [-0.2, -0.15) is 13.2 Å². The summed E-state index contributed by atoms with van der Waals surface area (Å²) in [6.07, 6.45) is -3.19. The number of carbonyl (C=O) groups excluding carboxylic acids is 1. The van der Waals surface area contributed by atoms with Crippen molar-refractivity contribution in [2.75, 3.05) is 5.32 Å². The van der Waals surface area contributed by atoms with Crippen LogP contribution in [0.3, 0.4) is 0 Å². The van der Waals surface area contributed by atoms with Crippen LogP contribution in [0.2, 0.25) is 0 Å². The van der Waals surface area contributed by atoms with Crippen LogP contribution in [0.5, 0.6) is 0 Å². The summed E-state index contributed by atoms with van der Waals surface area (Å²) >= 11 is 0. The van der Waals surface area contributed by atoms with Crippen LogP contribution in [0.4, 0.5) is 18.9 Å². The van der Waals surface area contributed by atoms with Gasteiger partial charge in [-0.15, -0.1) is 0 Å². The lowest BCUT2D eigenvalue weighted by atomic mass is 10.0. The van der Waals surface area contributed by atoms with E-state index in [0.717, 1.165) is 6.07 Å². The second-order valence-corrected chi connectivity index (χ2v) is 4.58. The molecular formula is C14H19F3N2O. The molecule has 0 saturated heterocycles. The molecule has 0 spiro atoms. The molecule has 6 heteroatoms. The number of nitrogens with one attached hydrogen (secondary N) is 1. The van der Waals surface area contributed by atoms with Crippen molar-refractivity contribution in [2.24, 2.45) is 11.7 Å². The number of hydrogen-bond acceptors (Lipinski definition) is 2. The van der Waals surface area contributed by atoms with Crippen molar-refractivity contribution in [1.29, 1.82) is 0 Å². The Hall–Kier alpha value is -1.56. The highest BCUT2D eigenvalue weighted by molar-refractivity contribution is 5.92. The third-order valence-electron chi connectivity index (χ3n) is 3.26. The van der Waals surface area contributed by atoms with E-state index in [1.165, 1.54) is 12.1 Å². The first-order valence-electron chi connectivity index (χ1n) is 6.54. The maximum absolute atomic E-state index is 12.9. The Morgan fingerprint density at radius 1 is 1.30 bits per heavy atom. The zero-order chi connectivity index (χ0) is 15.3. The summed E-state index contributed by atoms with van der Waals surface area (Å²) in [5.74, 6) is -0.456. The number of amides is 1. The Bertz CT molecular complexity index is 468. The molecule has 0 aromatic heterocycles. The molecule has 0 atom stereocenters. The third kappa shape index (κ3) is 3.96. The monoisotopic (exact) mass is 288 g/mol. The van der Waals surface area contributed by atoms with Gasteiger partial charge < -0.3 is 11.1 Å². The molecule has 112 valence electrons. The summed E-state index contributed by atoms with van der Waals surface area (Å²) in [6.45, 7) is 3.54. The molecule has 0 bridgehead atoms. The second-order valence-electron chi connectivity index (χ2n) is 4.58. The smallest absolute Gasteiger partial charge is 0.326 e. The first-order valence-corrected chi connectivity index (χ1v) is 6.54. The molecule has 0 saturated carbocycles. The van der Waals surface area contributed by atoms with Crippen LogP contribution < -0.4 is 11.1 Å². The number of anilines is 1. The summed E-state index contributed by atoms with van der Waals surface area (Å²) in [7, 11) is 0. The standard InChI is InChI=1S/C14H19F3N2O/c1-3-9(4-2)13(20)19-11-6-5-10(8-18)12(7-11)14(15,16)17/h5-7,9H,3-4,8,18H2,1-2H3,(H,19,20). The summed E-state index contributed by atoms with van der Waals surface area (Å²) in [4.78, 5) is 11.9. The van der Waals surface area contributed by atoms with Crippen LogP contribution in [0.25, 0.3) is 0 Å². The predicted molar refractivity (Wildman–Crippen MR) is 72.0 cm³/mol. The quantitative estimate of drug-likeness (QED) is 0.870. The van der Waals surface area contributed by atoms with Gasteiger partial charge in [0, 0.05) is 18.2 Å². The highest BCUT2D eigenvalue weighted by Gasteiger charge is 2.33. The number of hydrogen-bond donors (Lipinski definition) is 2. The number of carbonyl (C=O) groups is 1. The van der Waals surface area contributed by atoms with Crippen LogP contribution in [0.1, 0.15) is 37.8 Å². The molecule has 1 aromatic carbocycles. The fraction of sp³-hybridized carbons (Fsp3) is 0.500. The molecule has 0 aliphatic carbocycles. The first kappa shape index (κ1) is 16.5. The Kier molecular flexibility index (Phi) is 5.56. The molecule has 0 heterocycles. The lowest BCUT2D eigenvalue weighted by Crippen LogP contribution is -2.22. The van der Waals surface area contributed by atoms with Gasteiger partial charge in [0.05, 0.1) is 5.56 Å². The van der Waals surface area contributed by atoms with Gasteiger partial charge in [-0.3, -0.25) is 4.79 Å². The first-order chi connectivity index (χ1) is 9.33.